The highest BCUT2D eigenvalue weighted by Gasteiger charge is 2.11. The lowest BCUT2D eigenvalue weighted by atomic mass is 10.1. The third kappa shape index (κ3) is 2.91. The number of para-hydroxylation sites is 1. The molecule has 0 aromatic heterocycles. The Morgan fingerprint density at radius 3 is 2.71 bits per heavy atom. The summed E-state index contributed by atoms with van der Waals surface area (Å²) < 4.78 is 0. The van der Waals surface area contributed by atoms with Crippen LogP contribution in [-0.2, 0) is 4.79 Å². The number of hydrogen-bond acceptors (Lipinski definition) is 2. The topological polar surface area (TPSA) is 52.9 Å². The minimum absolute atomic E-state index is 0.113. The minimum Gasteiger partial charge on any atom is -0.326 e. The number of nitrogens with one attached hydrogen (secondary N) is 1. The van der Waals surface area contributed by atoms with Crippen molar-refractivity contribution < 1.29 is 4.79 Å². The molecule has 1 aromatic rings. The summed E-state index contributed by atoms with van der Waals surface area (Å²) in [6.45, 7) is 1.74. The van der Waals surface area contributed by atoms with E-state index in [1.165, 1.54) is 0 Å². The van der Waals surface area contributed by atoms with Crippen LogP contribution < -0.4 is 5.32 Å². The van der Waals surface area contributed by atoms with Crippen LogP contribution in [0.3, 0.4) is 0 Å². The maximum absolute atomic E-state index is 11.4. The van der Waals surface area contributed by atoms with Crippen LogP contribution in [0.2, 0.25) is 0 Å². The van der Waals surface area contributed by atoms with E-state index in [4.69, 9.17) is 5.26 Å². The highest BCUT2D eigenvalue weighted by atomic mass is 16.1. The van der Waals surface area contributed by atoms with Crippen molar-refractivity contribution in [2.45, 2.75) is 13.3 Å². The summed E-state index contributed by atoms with van der Waals surface area (Å²) in [5, 5.41) is 11.2. The van der Waals surface area contributed by atoms with E-state index in [0.717, 1.165) is 5.69 Å². The molecule has 0 unspecified atom stereocenters. The zero-order valence-corrected chi connectivity index (χ0v) is 8.03. The molecule has 0 aliphatic heterocycles. The van der Waals surface area contributed by atoms with Crippen molar-refractivity contribution in [3.8, 4) is 6.07 Å². The summed E-state index contributed by atoms with van der Waals surface area (Å²) in [6, 6.07) is 11.2. The predicted octanol–water partition coefficient (Wildman–Crippen LogP) is 2.17. The molecule has 1 rings (SSSR count). The molecule has 0 heterocycles. The highest BCUT2D eigenvalue weighted by molar-refractivity contribution is 5.92. The molecule has 0 saturated carbocycles. The SMILES string of the molecule is C[C@H](CC#N)C(=O)Nc1ccccc1. The summed E-state index contributed by atoms with van der Waals surface area (Å²) in [6.07, 6.45) is 0.249. The van der Waals surface area contributed by atoms with E-state index in [1.807, 2.05) is 36.4 Å². The largest absolute Gasteiger partial charge is 0.326 e. The summed E-state index contributed by atoms with van der Waals surface area (Å²) in [5.41, 5.74) is 0.766. The maximum Gasteiger partial charge on any atom is 0.228 e. The predicted molar refractivity (Wildman–Crippen MR) is 54.5 cm³/mol. The molecule has 1 amide bonds. The Kier molecular flexibility index (Phi) is 3.69. The van der Waals surface area contributed by atoms with Crippen molar-refractivity contribution in [3.05, 3.63) is 30.3 Å². The second kappa shape index (κ2) is 5.03. The van der Waals surface area contributed by atoms with Gasteiger partial charge in [0.15, 0.2) is 0 Å². The lowest BCUT2D eigenvalue weighted by Crippen LogP contribution is -2.19. The highest BCUT2D eigenvalue weighted by Crippen LogP contribution is 2.09. The first-order valence-corrected chi connectivity index (χ1v) is 4.47. The van der Waals surface area contributed by atoms with Crippen molar-refractivity contribution in [2.24, 2.45) is 5.92 Å². The average molecular weight is 188 g/mol. The van der Waals surface area contributed by atoms with Gasteiger partial charge in [0.05, 0.1) is 6.07 Å². The number of amides is 1. The summed E-state index contributed by atoms with van der Waals surface area (Å²) in [4.78, 5) is 11.4. The molecule has 1 atom stereocenters. The van der Waals surface area contributed by atoms with Gasteiger partial charge in [-0.15, -0.1) is 0 Å². The molecule has 0 bridgehead atoms. The van der Waals surface area contributed by atoms with Gasteiger partial charge in [0, 0.05) is 18.0 Å². The van der Waals surface area contributed by atoms with Crippen molar-refractivity contribution in [2.75, 3.05) is 5.32 Å². The number of hydrogen-bond donors (Lipinski definition) is 1. The lowest BCUT2D eigenvalue weighted by molar-refractivity contribution is -0.119. The van der Waals surface area contributed by atoms with E-state index < -0.39 is 0 Å². The van der Waals surface area contributed by atoms with Crippen LogP contribution in [0.25, 0.3) is 0 Å². The molecular formula is C11H12N2O. The molecule has 3 heteroatoms. The molecule has 0 spiro atoms. The zero-order valence-electron chi connectivity index (χ0n) is 8.03. The number of benzene rings is 1. The van der Waals surface area contributed by atoms with Crippen LogP contribution in [0, 0.1) is 17.2 Å². The van der Waals surface area contributed by atoms with Gasteiger partial charge in [-0.05, 0) is 12.1 Å². The van der Waals surface area contributed by atoms with E-state index in [0.29, 0.717) is 0 Å². The van der Waals surface area contributed by atoms with E-state index in [9.17, 15) is 4.79 Å². The molecule has 0 aliphatic carbocycles. The van der Waals surface area contributed by atoms with Crippen molar-refractivity contribution in [3.63, 3.8) is 0 Å². The van der Waals surface area contributed by atoms with E-state index in [-0.39, 0.29) is 18.2 Å². The standard InChI is InChI=1S/C11H12N2O/c1-9(7-8-12)11(14)13-10-5-3-2-4-6-10/h2-6,9H,7H2,1H3,(H,13,14)/t9-/m1/s1. The van der Waals surface area contributed by atoms with Gasteiger partial charge in [-0.25, -0.2) is 0 Å². The fourth-order valence-electron chi connectivity index (χ4n) is 1.02. The second-order valence-corrected chi connectivity index (χ2v) is 3.12. The smallest absolute Gasteiger partial charge is 0.228 e. The Labute approximate surface area is 83.4 Å². The van der Waals surface area contributed by atoms with E-state index in [2.05, 4.69) is 5.32 Å². The Balaban J connectivity index is 2.54. The molecule has 14 heavy (non-hydrogen) atoms. The number of carbonyl (C=O) groups excluding carboxylic acids is 1. The molecular weight excluding hydrogens is 176 g/mol. The minimum atomic E-state index is -0.264. The van der Waals surface area contributed by atoms with Gasteiger partial charge in [-0.1, -0.05) is 25.1 Å². The molecule has 3 nitrogen and oxygen atoms in total. The molecule has 1 N–H and O–H groups in total. The molecule has 1 aromatic carbocycles. The average Bonchev–Trinajstić information content (AvgIpc) is 2.19. The van der Waals surface area contributed by atoms with Crippen molar-refractivity contribution >= 4 is 11.6 Å². The fraction of sp³-hybridized carbons (Fsp3) is 0.273. The normalized spacial score (nSPS) is 11.4. The number of carbonyl (C=O) groups is 1. The number of rotatable bonds is 3. The quantitative estimate of drug-likeness (QED) is 0.790. The Morgan fingerprint density at radius 2 is 2.14 bits per heavy atom. The van der Waals surface area contributed by atoms with Gasteiger partial charge in [0.1, 0.15) is 0 Å². The number of nitrogens with zero attached hydrogens (tertiary/aromatic N) is 1. The van der Waals surface area contributed by atoms with Crippen molar-refractivity contribution in [1.29, 1.82) is 5.26 Å². The van der Waals surface area contributed by atoms with Gasteiger partial charge >= 0.3 is 0 Å². The third-order valence-corrected chi connectivity index (χ3v) is 1.89. The van der Waals surface area contributed by atoms with Crippen LogP contribution in [-0.4, -0.2) is 5.91 Å². The Morgan fingerprint density at radius 1 is 1.50 bits per heavy atom. The third-order valence-electron chi connectivity index (χ3n) is 1.89. The first kappa shape index (κ1) is 10.3. The van der Waals surface area contributed by atoms with Gasteiger partial charge < -0.3 is 5.32 Å². The monoisotopic (exact) mass is 188 g/mol. The fourth-order valence-corrected chi connectivity index (χ4v) is 1.02. The van der Waals surface area contributed by atoms with Crippen LogP contribution in [0.15, 0.2) is 30.3 Å². The van der Waals surface area contributed by atoms with Crippen LogP contribution in [0.4, 0.5) is 5.69 Å². The lowest BCUT2D eigenvalue weighted by Gasteiger charge is -2.08. The number of anilines is 1. The molecule has 0 aliphatic rings. The first-order chi connectivity index (χ1) is 6.74. The van der Waals surface area contributed by atoms with Gasteiger partial charge in [0.2, 0.25) is 5.91 Å². The zero-order chi connectivity index (χ0) is 10.4. The van der Waals surface area contributed by atoms with Crippen LogP contribution in [0.1, 0.15) is 13.3 Å². The summed E-state index contributed by atoms with van der Waals surface area (Å²) in [7, 11) is 0. The van der Waals surface area contributed by atoms with Crippen LogP contribution >= 0.6 is 0 Å². The molecule has 0 fully saturated rings. The first-order valence-electron chi connectivity index (χ1n) is 4.47. The molecule has 72 valence electrons. The summed E-state index contributed by atoms with van der Waals surface area (Å²) >= 11 is 0. The van der Waals surface area contributed by atoms with Gasteiger partial charge in [0.25, 0.3) is 0 Å². The van der Waals surface area contributed by atoms with Gasteiger partial charge in [-0.3, -0.25) is 4.79 Å². The maximum atomic E-state index is 11.4. The van der Waals surface area contributed by atoms with E-state index >= 15 is 0 Å². The second-order valence-electron chi connectivity index (χ2n) is 3.12. The van der Waals surface area contributed by atoms with Crippen LogP contribution in [0.5, 0.6) is 0 Å². The molecule has 0 radical (unpaired) electrons. The van der Waals surface area contributed by atoms with Crippen molar-refractivity contribution in [1.82, 2.24) is 0 Å². The number of nitriles is 1. The van der Waals surface area contributed by atoms with Gasteiger partial charge in [-0.2, -0.15) is 5.26 Å². The summed E-state index contributed by atoms with van der Waals surface area (Å²) in [5.74, 6) is -0.377. The molecule has 0 saturated heterocycles. The Hall–Kier alpha value is -1.82. The van der Waals surface area contributed by atoms with E-state index in [1.54, 1.807) is 6.92 Å². The Bertz CT molecular complexity index is 340.